The summed E-state index contributed by atoms with van der Waals surface area (Å²) in [4.78, 5) is 28.6. The zero-order chi connectivity index (χ0) is 20.6. The molecule has 0 bridgehead atoms. The Morgan fingerprint density at radius 3 is 2.52 bits per heavy atom. The van der Waals surface area contributed by atoms with Crippen LogP contribution in [-0.4, -0.2) is 60.3 Å². The summed E-state index contributed by atoms with van der Waals surface area (Å²) in [5.74, 6) is 1.89. The number of aryl methyl sites for hydroxylation is 2. The van der Waals surface area contributed by atoms with Gasteiger partial charge in [-0.3, -0.25) is 9.59 Å². The molecule has 1 aliphatic rings. The number of hydrogen-bond acceptors (Lipinski definition) is 6. The van der Waals surface area contributed by atoms with Crippen molar-refractivity contribution in [1.29, 1.82) is 0 Å². The number of hydrogen-bond donors (Lipinski definition) is 1. The van der Waals surface area contributed by atoms with Gasteiger partial charge in [0.1, 0.15) is 5.76 Å². The predicted octanol–water partition coefficient (Wildman–Crippen LogP) is 2.38. The number of aromatic nitrogens is 1. The van der Waals surface area contributed by atoms with E-state index in [0.717, 1.165) is 43.2 Å². The van der Waals surface area contributed by atoms with Crippen molar-refractivity contribution in [3.63, 3.8) is 0 Å². The Kier molecular flexibility index (Phi) is 7.57. The molecule has 0 radical (unpaired) electrons. The minimum absolute atomic E-state index is 0.0524. The Labute approximate surface area is 175 Å². The second-order valence-corrected chi connectivity index (χ2v) is 8.08. The summed E-state index contributed by atoms with van der Waals surface area (Å²) in [5.41, 5.74) is 3.11. The number of carbonyl (C=O) groups excluding carboxylic acids is 2. The molecular weight excluding hydrogens is 388 g/mol. The van der Waals surface area contributed by atoms with Crippen molar-refractivity contribution in [3.05, 3.63) is 47.3 Å². The second-order valence-electron chi connectivity index (χ2n) is 7.10. The van der Waals surface area contributed by atoms with Gasteiger partial charge in [-0.15, -0.1) is 11.8 Å². The van der Waals surface area contributed by atoms with Crippen LogP contribution in [0.2, 0.25) is 0 Å². The summed E-state index contributed by atoms with van der Waals surface area (Å²) in [6, 6.07) is 10.3. The first kappa shape index (κ1) is 21.2. The highest BCUT2D eigenvalue weighted by molar-refractivity contribution is 7.99. The van der Waals surface area contributed by atoms with Gasteiger partial charge in [0.2, 0.25) is 11.8 Å². The van der Waals surface area contributed by atoms with E-state index in [2.05, 4.69) is 27.5 Å². The zero-order valence-corrected chi connectivity index (χ0v) is 17.8. The molecule has 2 heterocycles. The van der Waals surface area contributed by atoms with Crippen LogP contribution in [0.25, 0.3) is 0 Å². The molecule has 29 heavy (non-hydrogen) atoms. The van der Waals surface area contributed by atoms with Crippen molar-refractivity contribution in [2.75, 3.05) is 43.4 Å². The number of thioether (sulfide) groups is 1. The van der Waals surface area contributed by atoms with Gasteiger partial charge in [-0.05, 0) is 26.0 Å². The highest BCUT2D eigenvalue weighted by Gasteiger charge is 2.21. The fourth-order valence-corrected chi connectivity index (χ4v) is 4.33. The highest BCUT2D eigenvalue weighted by Crippen LogP contribution is 2.19. The van der Waals surface area contributed by atoms with Gasteiger partial charge in [-0.1, -0.05) is 23.4 Å². The molecule has 0 spiro atoms. The van der Waals surface area contributed by atoms with Crippen LogP contribution in [-0.2, 0) is 15.3 Å². The maximum atomic E-state index is 12.4. The molecule has 1 saturated heterocycles. The van der Waals surface area contributed by atoms with E-state index < -0.39 is 0 Å². The lowest BCUT2D eigenvalue weighted by Gasteiger charge is -2.36. The zero-order valence-electron chi connectivity index (χ0n) is 17.0. The molecule has 1 fully saturated rings. The lowest BCUT2D eigenvalue weighted by Crippen LogP contribution is -2.49. The number of anilines is 1. The van der Waals surface area contributed by atoms with Crippen LogP contribution in [0.5, 0.6) is 0 Å². The molecular formula is C21H28N4O3S. The number of amides is 2. The summed E-state index contributed by atoms with van der Waals surface area (Å²) in [6.07, 6.45) is 0.339. The van der Waals surface area contributed by atoms with Gasteiger partial charge in [-0.2, -0.15) is 0 Å². The third-order valence-electron chi connectivity index (χ3n) is 5.08. The van der Waals surface area contributed by atoms with E-state index in [1.807, 2.05) is 36.9 Å². The number of nitrogens with one attached hydrogen (secondary N) is 1. The molecule has 2 amide bonds. The molecule has 0 aliphatic carbocycles. The molecule has 1 aromatic heterocycles. The fraction of sp³-hybridized carbons (Fsp3) is 0.476. The van der Waals surface area contributed by atoms with Crippen molar-refractivity contribution in [2.45, 2.75) is 26.0 Å². The van der Waals surface area contributed by atoms with E-state index in [9.17, 15) is 9.59 Å². The lowest BCUT2D eigenvalue weighted by atomic mass is 10.2. The summed E-state index contributed by atoms with van der Waals surface area (Å²) < 4.78 is 5.12. The smallest absolute Gasteiger partial charge is 0.230 e. The van der Waals surface area contributed by atoms with Gasteiger partial charge < -0.3 is 19.6 Å². The van der Waals surface area contributed by atoms with Crippen molar-refractivity contribution in [1.82, 2.24) is 15.4 Å². The molecule has 3 rings (SSSR count). The van der Waals surface area contributed by atoms with Crippen molar-refractivity contribution >= 4 is 29.3 Å². The van der Waals surface area contributed by atoms with Crippen LogP contribution in [0.4, 0.5) is 5.69 Å². The molecule has 0 atom stereocenters. The normalized spacial score (nSPS) is 14.1. The minimum Gasteiger partial charge on any atom is -0.368 e. The summed E-state index contributed by atoms with van der Waals surface area (Å²) in [5, 5.41) is 6.75. The molecule has 2 aromatic rings. The lowest BCUT2D eigenvalue weighted by molar-refractivity contribution is -0.131. The van der Waals surface area contributed by atoms with Crippen LogP contribution < -0.4 is 10.2 Å². The Balaban J connectivity index is 1.30. The third kappa shape index (κ3) is 6.00. The fourth-order valence-electron chi connectivity index (χ4n) is 3.32. The van der Waals surface area contributed by atoms with E-state index in [0.29, 0.717) is 24.5 Å². The molecule has 7 nitrogen and oxygen atoms in total. The summed E-state index contributed by atoms with van der Waals surface area (Å²) in [7, 11) is 0. The average Bonchev–Trinajstić information content (AvgIpc) is 3.06. The van der Waals surface area contributed by atoms with Crippen LogP contribution in [0, 0.1) is 13.8 Å². The Hall–Kier alpha value is -2.48. The summed E-state index contributed by atoms with van der Waals surface area (Å²) in [6.45, 7) is 7.26. The summed E-state index contributed by atoms with van der Waals surface area (Å²) >= 11 is 1.52. The number of nitrogens with zero attached hydrogens (tertiary/aromatic N) is 3. The van der Waals surface area contributed by atoms with Crippen LogP contribution in [0.3, 0.4) is 0 Å². The SMILES string of the molecule is Cc1noc(C)c1CSCC(=O)NCCC(=O)N1CCN(c2ccccc2)CC1. The van der Waals surface area contributed by atoms with Crippen molar-refractivity contribution in [3.8, 4) is 0 Å². The quantitative estimate of drug-likeness (QED) is 0.712. The van der Waals surface area contributed by atoms with Gasteiger partial charge in [-0.25, -0.2) is 0 Å². The largest absolute Gasteiger partial charge is 0.368 e. The average molecular weight is 417 g/mol. The third-order valence-corrected chi connectivity index (χ3v) is 6.03. The van der Waals surface area contributed by atoms with Crippen LogP contribution in [0.15, 0.2) is 34.9 Å². The molecule has 1 N–H and O–H groups in total. The molecule has 156 valence electrons. The maximum absolute atomic E-state index is 12.4. The number of piperazine rings is 1. The molecule has 1 aliphatic heterocycles. The first-order valence-corrected chi connectivity index (χ1v) is 11.0. The van der Waals surface area contributed by atoms with Gasteiger partial charge in [0.15, 0.2) is 0 Å². The molecule has 0 saturated carbocycles. The van der Waals surface area contributed by atoms with Crippen LogP contribution in [0.1, 0.15) is 23.4 Å². The van der Waals surface area contributed by atoms with E-state index in [1.54, 1.807) is 0 Å². The van der Waals surface area contributed by atoms with E-state index in [4.69, 9.17) is 4.52 Å². The van der Waals surface area contributed by atoms with Crippen LogP contribution >= 0.6 is 11.8 Å². The first-order chi connectivity index (χ1) is 14.0. The Bertz CT molecular complexity index is 797. The Morgan fingerprint density at radius 1 is 1.14 bits per heavy atom. The number of rotatable bonds is 8. The minimum atomic E-state index is -0.0524. The molecule has 8 heteroatoms. The first-order valence-electron chi connectivity index (χ1n) is 9.88. The topological polar surface area (TPSA) is 78.7 Å². The molecule has 1 aromatic carbocycles. The van der Waals surface area contributed by atoms with Gasteiger partial charge in [0.25, 0.3) is 0 Å². The number of para-hydroxylation sites is 1. The maximum Gasteiger partial charge on any atom is 0.230 e. The van der Waals surface area contributed by atoms with E-state index >= 15 is 0 Å². The number of benzene rings is 1. The van der Waals surface area contributed by atoms with E-state index in [-0.39, 0.29) is 11.8 Å². The molecule has 0 unspecified atom stereocenters. The number of carbonyl (C=O) groups is 2. The monoisotopic (exact) mass is 416 g/mol. The van der Waals surface area contributed by atoms with Gasteiger partial charge in [0, 0.05) is 56.1 Å². The standard InChI is InChI=1S/C21H28N4O3S/c1-16-19(17(2)28-23-16)14-29-15-20(26)22-9-8-21(27)25-12-10-24(11-13-25)18-6-4-3-5-7-18/h3-7H,8-15H2,1-2H3,(H,22,26). The van der Waals surface area contributed by atoms with Gasteiger partial charge >= 0.3 is 0 Å². The highest BCUT2D eigenvalue weighted by atomic mass is 32.2. The van der Waals surface area contributed by atoms with E-state index in [1.165, 1.54) is 17.4 Å². The van der Waals surface area contributed by atoms with Crippen molar-refractivity contribution < 1.29 is 14.1 Å². The van der Waals surface area contributed by atoms with Crippen molar-refractivity contribution in [2.24, 2.45) is 0 Å². The Morgan fingerprint density at radius 2 is 1.86 bits per heavy atom. The second kappa shape index (κ2) is 10.3. The predicted molar refractivity (Wildman–Crippen MR) is 115 cm³/mol. The van der Waals surface area contributed by atoms with Gasteiger partial charge in [0.05, 0.1) is 11.4 Å².